The molecule has 0 radical (unpaired) electrons. The van der Waals surface area contributed by atoms with Gasteiger partial charge in [0.25, 0.3) is 0 Å². The Morgan fingerprint density at radius 1 is 1.70 bits per heavy atom. The molecule has 0 fully saturated rings. The highest BCUT2D eigenvalue weighted by Crippen LogP contribution is 1.87. The summed E-state index contributed by atoms with van der Waals surface area (Å²) in [5.41, 5.74) is 1.13. The van der Waals surface area contributed by atoms with Crippen LogP contribution in [0.2, 0.25) is 0 Å². The lowest BCUT2D eigenvalue weighted by atomic mass is 10.3. The highest BCUT2D eigenvalue weighted by molar-refractivity contribution is 4.90. The van der Waals surface area contributed by atoms with Gasteiger partial charge in [-0.15, -0.1) is 0 Å². The number of rotatable bonds is 5. The summed E-state index contributed by atoms with van der Waals surface area (Å²) < 4.78 is 0. The van der Waals surface area contributed by atoms with E-state index in [-0.39, 0.29) is 6.10 Å². The van der Waals surface area contributed by atoms with Crippen LogP contribution in [-0.2, 0) is 0 Å². The van der Waals surface area contributed by atoms with Crippen LogP contribution in [0.4, 0.5) is 0 Å². The Balaban J connectivity index is 2.98. The number of hydrogen-bond donors (Lipinski definition) is 2. The quantitative estimate of drug-likeness (QED) is 0.443. The van der Waals surface area contributed by atoms with Gasteiger partial charge in [-0.1, -0.05) is 12.2 Å². The molecule has 0 spiro atoms. The average molecular weight is 143 g/mol. The summed E-state index contributed by atoms with van der Waals surface area (Å²) >= 11 is 0. The second kappa shape index (κ2) is 5.45. The Morgan fingerprint density at radius 3 is 2.70 bits per heavy atom. The van der Waals surface area contributed by atoms with Gasteiger partial charge in [-0.3, -0.25) is 0 Å². The Hall–Kier alpha value is -0.340. The molecule has 0 bridgehead atoms. The Kier molecular flexibility index (Phi) is 5.26. The monoisotopic (exact) mass is 143 g/mol. The van der Waals surface area contributed by atoms with Gasteiger partial charge in [0.2, 0.25) is 0 Å². The molecule has 2 nitrogen and oxygen atoms in total. The zero-order valence-electron chi connectivity index (χ0n) is 6.85. The minimum absolute atomic E-state index is 0.197. The number of aliphatic hydroxyl groups is 1. The van der Waals surface area contributed by atoms with Crippen LogP contribution in [0.1, 0.15) is 20.3 Å². The lowest BCUT2D eigenvalue weighted by Gasteiger charge is -2.05. The predicted molar refractivity (Wildman–Crippen MR) is 44.0 cm³/mol. The van der Waals surface area contributed by atoms with Crippen molar-refractivity contribution in [2.45, 2.75) is 26.4 Å². The van der Waals surface area contributed by atoms with Gasteiger partial charge in [0.15, 0.2) is 0 Å². The third-order valence-corrected chi connectivity index (χ3v) is 1.17. The first-order valence-corrected chi connectivity index (χ1v) is 3.66. The van der Waals surface area contributed by atoms with Crippen LogP contribution in [0.25, 0.3) is 0 Å². The lowest BCUT2D eigenvalue weighted by Crippen LogP contribution is -2.20. The molecule has 0 aliphatic carbocycles. The van der Waals surface area contributed by atoms with Crippen LogP contribution in [0.5, 0.6) is 0 Å². The summed E-state index contributed by atoms with van der Waals surface area (Å²) in [7, 11) is 0. The largest absolute Gasteiger partial charge is 0.393 e. The Morgan fingerprint density at radius 2 is 2.30 bits per heavy atom. The van der Waals surface area contributed by atoms with E-state index in [2.05, 4.69) is 11.9 Å². The van der Waals surface area contributed by atoms with Crippen molar-refractivity contribution < 1.29 is 5.11 Å². The van der Waals surface area contributed by atoms with Crippen LogP contribution in [0.3, 0.4) is 0 Å². The van der Waals surface area contributed by atoms with E-state index < -0.39 is 0 Å². The zero-order valence-corrected chi connectivity index (χ0v) is 6.85. The minimum atomic E-state index is -0.197. The van der Waals surface area contributed by atoms with Gasteiger partial charge < -0.3 is 10.4 Å². The van der Waals surface area contributed by atoms with Crippen molar-refractivity contribution in [3.63, 3.8) is 0 Å². The van der Waals surface area contributed by atoms with E-state index in [4.69, 9.17) is 5.11 Å². The van der Waals surface area contributed by atoms with Crippen molar-refractivity contribution in [2.75, 3.05) is 13.1 Å². The Labute approximate surface area is 62.9 Å². The summed E-state index contributed by atoms with van der Waals surface area (Å²) in [5.74, 6) is 0. The standard InChI is InChI=1S/C8H17NO/c1-7(2)6-9-5-4-8(3)10/h8-10H,1,4-6H2,2-3H3. The second-order valence-electron chi connectivity index (χ2n) is 2.77. The normalized spacial score (nSPS) is 13.1. The van der Waals surface area contributed by atoms with E-state index >= 15 is 0 Å². The third kappa shape index (κ3) is 7.66. The molecule has 10 heavy (non-hydrogen) atoms. The molecule has 0 saturated carbocycles. The molecule has 2 heteroatoms. The molecule has 0 aromatic carbocycles. The van der Waals surface area contributed by atoms with Gasteiger partial charge in [-0.25, -0.2) is 0 Å². The van der Waals surface area contributed by atoms with E-state index in [0.29, 0.717) is 0 Å². The molecular formula is C8H17NO. The summed E-state index contributed by atoms with van der Waals surface area (Å²) in [5, 5.41) is 12.0. The highest BCUT2D eigenvalue weighted by atomic mass is 16.3. The molecular weight excluding hydrogens is 126 g/mol. The van der Waals surface area contributed by atoms with Gasteiger partial charge in [0, 0.05) is 6.54 Å². The van der Waals surface area contributed by atoms with E-state index in [1.54, 1.807) is 6.92 Å². The van der Waals surface area contributed by atoms with Gasteiger partial charge in [0.1, 0.15) is 0 Å². The van der Waals surface area contributed by atoms with E-state index in [0.717, 1.165) is 25.1 Å². The van der Waals surface area contributed by atoms with Crippen molar-refractivity contribution in [1.82, 2.24) is 5.32 Å². The predicted octanol–water partition coefficient (Wildman–Crippen LogP) is 0.923. The topological polar surface area (TPSA) is 32.3 Å². The molecule has 1 atom stereocenters. The number of aliphatic hydroxyl groups excluding tert-OH is 1. The molecule has 0 aromatic heterocycles. The Bertz CT molecular complexity index is 99.4. The molecule has 60 valence electrons. The first kappa shape index (κ1) is 9.66. The van der Waals surface area contributed by atoms with Crippen LogP contribution >= 0.6 is 0 Å². The van der Waals surface area contributed by atoms with Crippen molar-refractivity contribution in [2.24, 2.45) is 0 Å². The molecule has 0 aliphatic heterocycles. The highest BCUT2D eigenvalue weighted by Gasteiger charge is 1.93. The first-order valence-electron chi connectivity index (χ1n) is 3.66. The van der Waals surface area contributed by atoms with Crippen molar-refractivity contribution in [3.8, 4) is 0 Å². The van der Waals surface area contributed by atoms with Crippen LogP contribution in [0, 0.1) is 0 Å². The number of nitrogens with one attached hydrogen (secondary N) is 1. The molecule has 0 saturated heterocycles. The first-order chi connectivity index (χ1) is 4.63. The summed E-state index contributed by atoms with van der Waals surface area (Å²) in [6, 6.07) is 0. The molecule has 0 aliphatic rings. The fourth-order valence-corrected chi connectivity index (χ4v) is 0.613. The summed E-state index contributed by atoms with van der Waals surface area (Å²) in [4.78, 5) is 0. The van der Waals surface area contributed by atoms with Crippen molar-refractivity contribution in [1.29, 1.82) is 0 Å². The van der Waals surface area contributed by atoms with Gasteiger partial charge >= 0.3 is 0 Å². The van der Waals surface area contributed by atoms with Crippen LogP contribution < -0.4 is 5.32 Å². The molecule has 0 rings (SSSR count). The minimum Gasteiger partial charge on any atom is -0.393 e. The van der Waals surface area contributed by atoms with Gasteiger partial charge in [-0.05, 0) is 26.8 Å². The van der Waals surface area contributed by atoms with Gasteiger partial charge in [0.05, 0.1) is 6.10 Å². The maximum Gasteiger partial charge on any atom is 0.0524 e. The third-order valence-electron chi connectivity index (χ3n) is 1.17. The molecule has 1 unspecified atom stereocenters. The molecule has 0 aromatic rings. The van der Waals surface area contributed by atoms with Gasteiger partial charge in [-0.2, -0.15) is 0 Å². The van der Waals surface area contributed by atoms with Crippen LogP contribution in [-0.4, -0.2) is 24.3 Å². The van der Waals surface area contributed by atoms with E-state index in [1.165, 1.54) is 0 Å². The van der Waals surface area contributed by atoms with Crippen LogP contribution in [0.15, 0.2) is 12.2 Å². The number of hydrogen-bond acceptors (Lipinski definition) is 2. The molecule has 2 N–H and O–H groups in total. The average Bonchev–Trinajstić information content (AvgIpc) is 1.79. The van der Waals surface area contributed by atoms with Crippen molar-refractivity contribution >= 4 is 0 Å². The van der Waals surface area contributed by atoms with E-state index in [1.807, 2.05) is 6.92 Å². The zero-order chi connectivity index (χ0) is 7.98. The maximum absolute atomic E-state index is 8.86. The summed E-state index contributed by atoms with van der Waals surface area (Å²) in [6.45, 7) is 9.24. The second-order valence-corrected chi connectivity index (χ2v) is 2.77. The summed E-state index contributed by atoms with van der Waals surface area (Å²) in [6.07, 6.45) is 0.616. The maximum atomic E-state index is 8.86. The fourth-order valence-electron chi connectivity index (χ4n) is 0.613. The molecule has 0 amide bonds. The van der Waals surface area contributed by atoms with Crippen molar-refractivity contribution in [3.05, 3.63) is 12.2 Å². The lowest BCUT2D eigenvalue weighted by molar-refractivity contribution is 0.184. The SMILES string of the molecule is C=C(C)CNCCC(C)O. The van der Waals surface area contributed by atoms with E-state index in [9.17, 15) is 0 Å². The smallest absolute Gasteiger partial charge is 0.0524 e. The fraction of sp³-hybridized carbons (Fsp3) is 0.750. The molecule has 0 heterocycles.